The maximum atomic E-state index is 6.10. The fourth-order valence-electron chi connectivity index (χ4n) is 1.71. The van der Waals surface area contributed by atoms with Crippen LogP contribution in [0.3, 0.4) is 0 Å². The molecule has 0 fully saturated rings. The zero-order valence-corrected chi connectivity index (χ0v) is 11.9. The summed E-state index contributed by atoms with van der Waals surface area (Å²) in [4.78, 5) is 4.19. The number of hydrogen-bond donors (Lipinski definition) is 1. The molecule has 0 bridgehead atoms. The SMILES string of the molecule is CCNCc1cc(Oc2cccc(C)c2)ncc1Cl. The maximum absolute atomic E-state index is 6.10. The van der Waals surface area contributed by atoms with E-state index in [4.69, 9.17) is 16.3 Å². The Hall–Kier alpha value is -1.58. The molecule has 19 heavy (non-hydrogen) atoms. The molecule has 1 aromatic heterocycles. The van der Waals surface area contributed by atoms with Gasteiger partial charge in [-0.25, -0.2) is 4.98 Å². The van der Waals surface area contributed by atoms with Crippen LogP contribution in [0.15, 0.2) is 36.5 Å². The predicted molar refractivity (Wildman–Crippen MR) is 77.9 cm³/mol. The molecule has 0 atom stereocenters. The summed E-state index contributed by atoms with van der Waals surface area (Å²) in [6, 6.07) is 9.74. The Morgan fingerprint density at radius 2 is 2.16 bits per heavy atom. The van der Waals surface area contributed by atoms with Gasteiger partial charge < -0.3 is 10.1 Å². The summed E-state index contributed by atoms with van der Waals surface area (Å²) in [6.07, 6.45) is 1.62. The van der Waals surface area contributed by atoms with E-state index in [0.29, 0.717) is 17.4 Å². The number of nitrogens with zero attached hydrogens (tertiary/aromatic N) is 1. The zero-order chi connectivity index (χ0) is 13.7. The fraction of sp³-hybridized carbons (Fsp3) is 0.267. The van der Waals surface area contributed by atoms with Crippen molar-refractivity contribution in [3.63, 3.8) is 0 Å². The van der Waals surface area contributed by atoms with Crippen molar-refractivity contribution >= 4 is 11.6 Å². The number of benzene rings is 1. The van der Waals surface area contributed by atoms with Crippen LogP contribution in [0.2, 0.25) is 5.02 Å². The van der Waals surface area contributed by atoms with Gasteiger partial charge in [0.05, 0.1) is 5.02 Å². The third-order valence-electron chi connectivity index (χ3n) is 2.69. The molecule has 3 nitrogen and oxygen atoms in total. The molecule has 1 aromatic carbocycles. The molecular weight excluding hydrogens is 260 g/mol. The van der Waals surface area contributed by atoms with Gasteiger partial charge in [-0.2, -0.15) is 0 Å². The van der Waals surface area contributed by atoms with E-state index in [0.717, 1.165) is 23.4 Å². The van der Waals surface area contributed by atoms with Gasteiger partial charge in [-0.05, 0) is 36.7 Å². The van der Waals surface area contributed by atoms with E-state index < -0.39 is 0 Å². The van der Waals surface area contributed by atoms with Crippen molar-refractivity contribution in [3.8, 4) is 11.6 Å². The van der Waals surface area contributed by atoms with Crippen molar-refractivity contribution in [2.24, 2.45) is 0 Å². The van der Waals surface area contributed by atoms with Crippen LogP contribution in [-0.2, 0) is 6.54 Å². The first kappa shape index (κ1) is 13.8. The summed E-state index contributed by atoms with van der Waals surface area (Å²) >= 11 is 6.10. The minimum atomic E-state index is 0.558. The van der Waals surface area contributed by atoms with Crippen LogP contribution in [0, 0.1) is 6.92 Å². The van der Waals surface area contributed by atoms with Gasteiger partial charge in [0.2, 0.25) is 5.88 Å². The minimum absolute atomic E-state index is 0.558. The number of hydrogen-bond acceptors (Lipinski definition) is 3. The van der Waals surface area contributed by atoms with Gasteiger partial charge in [-0.15, -0.1) is 0 Å². The van der Waals surface area contributed by atoms with Crippen molar-refractivity contribution in [3.05, 3.63) is 52.7 Å². The normalized spacial score (nSPS) is 10.5. The van der Waals surface area contributed by atoms with Gasteiger partial charge in [0.25, 0.3) is 0 Å². The van der Waals surface area contributed by atoms with E-state index in [1.807, 2.05) is 37.3 Å². The van der Waals surface area contributed by atoms with Crippen LogP contribution < -0.4 is 10.1 Å². The Balaban J connectivity index is 2.16. The maximum Gasteiger partial charge on any atom is 0.219 e. The lowest BCUT2D eigenvalue weighted by atomic mass is 10.2. The second kappa shape index (κ2) is 6.55. The molecule has 0 aliphatic rings. The second-order valence-electron chi connectivity index (χ2n) is 4.31. The first-order valence-electron chi connectivity index (χ1n) is 6.28. The van der Waals surface area contributed by atoms with Gasteiger partial charge in [-0.1, -0.05) is 30.7 Å². The van der Waals surface area contributed by atoms with E-state index >= 15 is 0 Å². The van der Waals surface area contributed by atoms with Crippen LogP contribution in [0.5, 0.6) is 11.6 Å². The molecule has 0 aliphatic heterocycles. The molecule has 0 spiro atoms. The van der Waals surface area contributed by atoms with Crippen molar-refractivity contribution in [1.29, 1.82) is 0 Å². The summed E-state index contributed by atoms with van der Waals surface area (Å²) in [5.74, 6) is 1.34. The molecule has 100 valence electrons. The first-order valence-corrected chi connectivity index (χ1v) is 6.66. The molecule has 0 amide bonds. The minimum Gasteiger partial charge on any atom is -0.439 e. The molecule has 0 saturated heterocycles. The number of aryl methyl sites for hydroxylation is 1. The highest BCUT2D eigenvalue weighted by Crippen LogP contribution is 2.24. The Morgan fingerprint density at radius 3 is 2.89 bits per heavy atom. The number of ether oxygens (including phenoxy) is 1. The van der Waals surface area contributed by atoms with Gasteiger partial charge in [0, 0.05) is 18.8 Å². The van der Waals surface area contributed by atoms with Gasteiger partial charge in [0.1, 0.15) is 5.75 Å². The summed E-state index contributed by atoms with van der Waals surface area (Å²) in [6.45, 7) is 5.69. The predicted octanol–water partition coefficient (Wildman–Crippen LogP) is 3.95. The Bertz CT molecular complexity index is 558. The molecule has 2 aromatic rings. The van der Waals surface area contributed by atoms with Gasteiger partial charge in [0.15, 0.2) is 0 Å². The van der Waals surface area contributed by atoms with E-state index in [1.54, 1.807) is 6.20 Å². The highest BCUT2D eigenvalue weighted by molar-refractivity contribution is 6.31. The van der Waals surface area contributed by atoms with Crippen LogP contribution in [-0.4, -0.2) is 11.5 Å². The number of pyridine rings is 1. The second-order valence-corrected chi connectivity index (χ2v) is 4.72. The van der Waals surface area contributed by atoms with Crippen molar-refractivity contribution in [1.82, 2.24) is 10.3 Å². The van der Waals surface area contributed by atoms with Crippen molar-refractivity contribution < 1.29 is 4.74 Å². The summed E-state index contributed by atoms with van der Waals surface area (Å²) < 4.78 is 5.74. The number of nitrogens with one attached hydrogen (secondary N) is 1. The standard InChI is InChI=1S/C15H17ClN2O/c1-3-17-9-12-8-15(18-10-14(12)16)19-13-6-4-5-11(2)7-13/h4-8,10,17H,3,9H2,1-2H3. The number of aromatic nitrogens is 1. The topological polar surface area (TPSA) is 34.1 Å². The van der Waals surface area contributed by atoms with E-state index in [-0.39, 0.29) is 0 Å². The summed E-state index contributed by atoms with van der Waals surface area (Å²) in [5.41, 5.74) is 2.14. The molecule has 2 rings (SSSR count). The monoisotopic (exact) mass is 276 g/mol. The van der Waals surface area contributed by atoms with E-state index in [9.17, 15) is 0 Å². The molecule has 1 N–H and O–H groups in total. The fourth-order valence-corrected chi connectivity index (χ4v) is 1.88. The molecular formula is C15H17ClN2O. The zero-order valence-electron chi connectivity index (χ0n) is 11.1. The van der Waals surface area contributed by atoms with Crippen LogP contribution >= 0.6 is 11.6 Å². The summed E-state index contributed by atoms with van der Waals surface area (Å²) in [5, 5.41) is 3.89. The van der Waals surface area contributed by atoms with Crippen molar-refractivity contribution in [2.75, 3.05) is 6.54 Å². The molecule has 1 heterocycles. The highest BCUT2D eigenvalue weighted by atomic mass is 35.5. The van der Waals surface area contributed by atoms with Crippen LogP contribution in [0.4, 0.5) is 0 Å². The summed E-state index contributed by atoms with van der Waals surface area (Å²) in [7, 11) is 0. The Labute approximate surface area is 118 Å². The van der Waals surface area contributed by atoms with E-state index in [1.165, 1.54) is 0 Å². The van der Waals surface area contributed by atoms with Gasteiger partial charge in [-0.3, -0.25) is 0 Å². The largest absolute Gasteiger partial charge is 0.439 e. The Morgan fingerprint density at radius 1 is 1.32 bits per heavy atom. The lowest BCUT2D eigenvalue weighted by molar-refractivity contribution is 0.461. The Kier molecular flexibility index (Phi) is 4.77. The van der Waals surface area contributed by atoms with Crippen LogP contribution in [0.1, 0.15) is 18.1 Å². The van der Waals surface area contributed by atoms with E-state index in [2.05, 4.69) is 17.2 Å². The number of rotatable bonds is 5. The highest BCUT2D eigenvalue weighted by Gasteiger charge is 2.05. The smallest absolute Gasteiger partial charge is 0.219 e. The van der Waals surface area contributed by atoms with Crippen molar-refractivity contribution in [2.45, 2.75) is 20.4 Å². The molecule has 0 aliphatic carbocycles. The average molecular weight is 277 g/mol. The lowest BCUT2D eigenvalue weighted by Crippen LogP contribution is -2.12. The third kappa shape index (κ3) is 3.94. The molecule has 4 heteroatoms. The number of halogens is 1. The lowest BCUT2D eigenvalue weighted by Gasteiger charge is -2.09. The molecule has 0 unspecified atom stereocenters. The average Bonchev–Trinajstić information content (AvgIpc) is 2.39. The molecule has 0 saturated carbocycles. The molecule has 0 radical (unpaired) electrons. The first-order chi connectivity index (χ1) is 9.19. The van der Waals surface area contributed by atoms with Crippen LogP contribution in [0.25, 0.3) is 0 Å². The van der Waals surface area contributed by atoms with Gasteiger partial charge >= 0.3 is 0 Å². The quantitative estimate of drug-likeness (QED) is 0.898. The third-order valence-corrected chi connectivity index (χ3v) is 3.03.